The summed E-state index contributed by atoms with van der Waals surface area (Å²) in [4.78, 5) is 23.8. The number of fused-ring (bicyclic) bond motifs is 1. The fraction of sp³-hybridized carbons (Fsp3) is 0. The van der Waals surface area contributed by atoms with Crippen LogP contribution in [0.5, 0.6) is 0 Å². The van der Waals surface area contributed by atoms with Gasteiger partial charge >= 0.3 is 0 Å². The second-order valence-corrected chi connectivity index (χ2v) is 4.56. The number of hydrazone groups is 1. The molecular weight excluding hydrogens is 280 g/mol. The summed E-state index contributed by atoms with van der Waals surface area (Å²) in [6.45, 7) is 0. The summed E-state index contributed by atoms with van der Waals surface area (Å²) in [5.74, 6) is -0.486. The molecule has 0 spiro atoms. The molecule has 3 aromatic rings. The van der Waals surface area contributed by atoms with Gasteiger partial charge in [0.1, 0.15) is 0 Å². The molecule has 2 aromatic carbocycles. The molecule has 108 valence electrons. The third-order valence-corrected chi connectivity index (χ3v) is 3.09. The zero-order valence-electron chi connectivity index (χ0n) is 11.5. The minimum atomic E-state index is -0.486. The summed E-state index contributed by atoms with van der Waals surface area (Å²) >= 11 is 0. The number of nitrogens with one attached hydrogen (secondary N) is 2. The van der Waals surface area contributed by atoms with Gasteiger partial charge in [0.05, 0.1) is 11.6 Å². The second-order valence-electron chi connectivity index (χ2n) is 4.56. The number of hydrogen-bond acceptors (Lipinski definition) is 4. The van der Waals surface area contributed by atoms with Crippen molar-refractivity contribution in [1.29, 1.82) is 0 Å². The van der Waals surface area contributed by atoms with Gasteiger partial charge in [-0.1, -0.05) is 48.5 Å². The molecule has 0 aliphatic carbocycles. The number of nitrogens with zero attached hydrogens (tertiary/aromatic N) is 2. The number of benzene rings is 2. The van der Waals surface area contributed by atoms with Gasteiger partial charge in [-0.2, -0.15) is 10.2 Å². The zero-order chi connectivity index (χ0) is 15.4. The van der Waals surface area contributed by atoms with Crippen LogP contribution in [0.3, 0.4) is 0 Å². The van der Waals surface area contributed by atoms with E-state index in [4.69, 9.17) is 0 Å². The van der Waals surface area contributed by atoms with Crippen molar-refractivity contribution in [2.45, 2.75) is 0 Å². The SMILES string of the molecule is O=C(N/N=C/c1ccccc1)c1n[nH]c(=O)c2ccccc12. The largest absolute Gasteiger partial charge is 0.292 e. The standard InChI is InChI=1S/C16H12N4O2/c21-15-13-9-5-4-8-12(13)14(18-20-15)16(22)19-17-10-11-6-2-1-3-7-11/h1-10H,(H,19,22)(H,20,21)/b17-10+. The zero-order valence-corrected chi connectivity index (χ0v) is 11.5. The van der Waals surface area contributed by atoms with Crippen LogP contribution in [-0.4, -0.2) is 22.3 Å². The lowest BCUT2D eigenvalue weighted by molar-refractivity contribution is 0.0951. The van der Waals surface area contributed by atoms with Crippen molar-refractivity contribution in [2.75, 3.05) is 0 Å². The molecule has 0 aliphatic heterocycles. The summed E-state index contributed by atoms with van der Waals surface area (Å²) < 4.78 is 0. The number of amides is 1. The van der Waals surface area contributed by atoms with Crippen molar-refractivity contribution in [1.82, 2.24) is 15.6 Å². The lowest BCUT2D eigenvalue weighted by Gasteiger charge is -2.02. The molecule has 0 aliphatic rings. The molecular formula is C16H12N4O2. The monoisotopic (exact) mass is 292 g/mol. The van der Waals surface area contributed by atoms with Crippen LogP contribution >= 0.6 is 0 Å². The van der Waals surface area contributed by atoms with Gasteiger partial charge in [0.2, 0.25) is 0 Å². The average Bonchev–Trinajstić information content (AvgIpc) is 2.56. The third kappa shape index (κ3) is 2.76. The third-order valence-electron chi connectivity index (χ3n) is 3.09. The summed E-state index contributed by atoms with van der Waals surface area (Å²) in [6, 6.07) is 16.2. The van der Waals surface area contributed by atoms with E-state index in [0.29, 0.717) is 10.8 Å². The Labute approximate surface area is 125 Å². The van der Waals surface area contributed by atoms with Crippen LogP contribution in [0.1, 0.15) is 16.1 Å². The van der Waals surface area contributed by atoms with Crippen LogP contribution in [-0.2, 0) is 0 Å². The first-order valence-electron chi connectivity index (χ1n) is 6.61. The van der Waals surface area contributed by atoms with E-state index >= 15 is 0 Å². The number of rotatable bonds is 3. The molecule has 6 nitrogen and oxygen atoms in total. The minimum Gasteiger partial charge on any atom is -0.267 e. The molecule has 1 aromatic heterocycles. The summed E-state index contributed by atoms with van der Waals surface area (Å²) in [5, 5.41) is 10.9. The molecule has 1 heterocycles. The highest BCUT2D eigenvalue weighted by molar-refractivity contribution is 6.04. The summed E-state index contributed by atoms with van der Waals surface area (Å²) in [7, 11) is 0. The Hall–Kier alpha value is -3.28. The van der Waals surface area contributed by atoms with Gasteiger partial charge in [0, 0.05) is 5.39 Å². The molecule has 0 bridgehead atoms. The van der Waals surface area contributed by atoms with Gasteiger partial charge in [-0.25, -0.2) is 10.5 Å². The molecule has 0 fully saturated rings. The van der Waals surface area contributed by atoms with Crippen LogP contribution < -0.4 is 11.0 Å². The van der Waals surface area contributed by atoms with E-state index in [1.807, 2.05) is 30.3 Å². The smallest absolute Gasteiger partial charge is 0.267 e. The van der Waals surface area contributed by atoms with Crippen molar-refractivity contribution >= 4 is 22.9 Å². The van der Waals surface area contributed by atoms with Gasteiger partial charge in [-0.3, -0.25) is 9.59 Å². The first-order chi connectivity index (χ1) is 10.8. The fourth-order valence-electron chi connectivity index (χ4n) is 2.05. The molecule has 3 rings (SSSR count). The molecule has 0 unspecified atom stereocenters. The second kappa shape index (κ2) is 6.01. The number of carbonyl (C=O) groups excluding carboxylic acids is 1. The quantitative estimate of drug-likeness (QED) is 0.569. The maximum atomic E-state index is 12.2. The van der Waals surface area contributed by atoms with E-state index in [1.165, 1.54) is 6.21 Å². The Morgan fingerprint density at radius 3 is 2.50 bits per heavy atom. The molecule has 0 saturated carbocycles. The molecule has 2 N–H and O–H groups in total. The number of H-pyrrole nitrogens is 1. The molecule has 0 radical (unpaired) electrons. The highest BCUT2D eigenvalue weighted by Gasteiger charge is 2.12. The van der Waals surface area contributed by atoms with Crippen molar-refractivity contribution in [3.8, 4) is 0 Å². The topological polar surface area (TPSA) is 87.2 Å². The summed E-state index contributed by atoms with van der Waals surface area (Å²) in [6.07, 6.45) is 1.53. The predicted molar refractivity (Wildman–Crippen MR) is 83.9 cm³/mol. The van der Waals surface area contributed by atoms with Crippen molar-refractivity contribution in [3.63, 3.8) is 0 Å². The first-order valence-corrected chi connectivity index (χ1v) is 6.61. The van der Waals surface area contributed by atoms with Crippen LogP contribution in [0.2, 0.25) is 0 Å². The highest BCUT2D eigenvalue weighted by Crippen LogP contribution is 2.11. The minimum absolute atomic E-state index is 0.125. The molecule has 6 heteroatoms. The number of carbonyl (C=O) groups is 1. The maximum absolute atomic E-state index is 12.2. The Morgan fingerprint density at radius 1 is 1.05 bits per heavy atom. The lowest BCUT2D eigenvalue weighted by Crippen LogP contribution is -2.22. The fourth-order valence-corrected chi connectivity index (χ4v) is 2.05. The van der Waals surface area contributed by atoms with E-state index in [-0.39, 0.29) is 11.3 Å². The molecule has 0 atom stereocenters. The lowest BCUT2D eigenvalue weighted by atomic mass is 10.1. The number of hydrogen-bond donors (Lipinski definition) is 2. The van der Waals surface area contributed by atoms with Crippen LogP contribution in [0.4, 0.5) is 0 Å². The number of aromatic amines is 1. The van der Waals surface area contributed by atoms with Gasteiger partial charge in [0.25, 0.3) is 11.5 Å². The van der Waals surface area contributed by atoms with Crippen LogP contribution in [0, 0.1) is 0 Å². The Morgan fingerprint density at radius 2 is 1.73 bits per heavy atom. The Balaban J connectivity index is 1.86. The van der Waals surface area contributed by atoms with Crippen molar-refractivity contribution < 1.29 is 4.79 Å². The van der Waals surface area contributed by atoms with E-state index < -0.39 is 5.91 Å². The first kappa shape index (κ1) is 13.7. The van der Waals surface area contributed by atoms with Crippen LogP contribution in [0.15, 0.2) is 64.5 Å². The van der Waals surface area contributed by atoms with E-state index in [0.717, 1.165) is 5.56 Å². The van der Waals surface area contributed by atoms with Gasteiger partial charge in [0.15, 0.2) is 5.69 Å². The van der Waals surface area contributed by atoms with Crippen molar-refractivity contribution in [3.05, 3.63) is 76.2 Å². The summed E-state index contributed by atoms with van der Waals surface area (Å²) in [5.41, 5.74) is 3.06. The van der Waals surface area contributed by atoms with Crippen molar-refractivity contribution in [2.24, 2.45) is 5.10 Å². The molecule has 0 saturated heterocycles. The highest BCUT2D eigenvalue weighted by atomic mass is 16.2. The van der Waals surface area contributed by atoms with Gasteiger partial charge in [-0.15, -0.1) is 0 Å². The van der Waals surface area contributed by atoms with Gasteiger partial charge < -0.3 is 0 Å². The predicted octanol–water partition coefficient (Wildman–Crippen LogP) is 1.69. The van der Waals surface area contributed by atoms with Crippen LogP contribution in [0.25, 0.3) is 10.8 Å². The average molecular weight is 292 g/mol. The Kier molecular flexibility index (Phi) is 3.74. The van der Waals surface area contributed by atoms with E-state index in [1.54, 1.807) is 24.3 Å². The van der Waals surface area contributed by atoms with Gasteiger partial charge in [-0.05, 0) is 11.6 Å². The normalized spacial score (nSPS) is 10.9. The molecule has 1 amide bonds. The maximum Gasteiger partial charge on any atom is 0.292 e. The number of aromatic nitrogens is 2. The van der Waals surface area contributed by atoms with E-state index in [2.05, 4.69) is 20.7 Å². The Bertz CT molecular complexity index is 901. The van der Waals surface area contributed by atoms with E-state index in [9.17, 15) is 9.59 Å². The molecule has 22 heavy (non-hydrogen) atoms.